The zero-order chi connectivity index (χ0) is 55.2. The van der Waals surface area contributed by atoms with Gasteiger partial charge in [-0.25, -0.2) is 9.97 Å². The summed E-state index contributed by atoms with van der Waals surface area (Å²) in [5, 5.41) is 31.3. The molecule has 2 N–H and O–H groups in total. The van der Waals surface area contributed by atoms with Gasteiger partial charge in [0, 0.05) is 76.5 Å². The van der Waals surface area contributed by atoms with E-state index in [1.807, 2.05) is 86.6 Å². The van der Waals surface area contributed by atoms with Crippen molar-refractivity contribution < 1.29 is 29.3 Å². The Hall–Kier alpha value is -8.36. The summed E-state index contributed by atoms with van der Waals surface area (Å²) in [4.78, 5) is 41.3. The predicted octanol–water partition coefficient (Wildman–Crippen LogP) is 18.1. The van der Waals surface area contributed by atoms with Crippen molar-refractivity contribution in [3.8, 4) is 57.0 Å². The summed E-state index contributed by atoms with van der Waals surface area (Å²) in [6, 6.07) is 36.0. The van der Waals surface area contributed by atoms with E-state index >= 15 is 9.59 Å². The summed E-state index contributed by atoms with van der Waals surface area (Å²) in [7, 11) is 0. The van der Waals surface area contributed by atoms with Crippen LogP contribution in [0, 0.1) is 13.8 Å². The van der Waals surface area contributed by atoms with Gasteiger partial charge in [-0.15, -0.1) is 0 Å². The Morgan fingerprint density at radius 1 is 0.372 bits per heavy atom. The van der Waals surface area contributed by atoms with Crippen molar-refractivity contribution in [3.63, 3.8) is 0 Å². The molecule has 2 aromatic heterocycles. The van der Waals surface area contributed by atoms with Crippen molar-refractivity contribution in [1.82, 2.24) is 9.97 Å². The minimum atomic E-state index is -0.365. The van der Waals surface area contributed by atoms with Crippen LogP contribution in [0.4, 0.5) is 0 Å². The molecule has 0 radical (unpaired) electrons. The molecule has 0 fully saturated rings. The molecule has 8 heteroatoms. The fourth-order valence-corrected chi connectivity index (χ4v) is 12.3. The zero-order valence-corrected chi connectivity index (χ0v) is 46.8. The van der Waals surface area contributed by atoms with Gasteiger partial charge >= 0.3 is 0 Å². The second kappa shape index (κ2) is 16.1. The Labute approximate surface area is 454 Å². The van der Waals surface area contributed by atoms with Gasteiger partial charge in [-0.05, 0) is 112 Å². The molecular formula is C70H62N2O6. The van der Waals surface area contributed by atoms with Crippen LogP contribution in [-0.4, -0.2) is 31.7 Å². The SMILES string of the molecule is Cc1ccc2nc3c(c(O)c2c1)C(=O)c1cc(Oc2ccc(C(C)(C)C)cc2C(C)(C)C)c2c4ccc5c6c(cc(Oc7ccc(C(C)(C)C)cc7C(C)(C)C)c(c7ccc-3c1c72)c64)-c1nc2ccc(C)cc2c(O)c1C5=O. The van der Waals surface area contributed by atoms with Gasteiger partial charge in [-0.3, -0.25) is 9.59 Å². The van der Waals surface area contributed by atoms with Crippen LogP contribution in [0.15, 0.2) is 109 Å². The monoisotopic (exact) mass is 1030 g/mol. The molecule has 2 aliphatic rings. The molecule has 13 rings (SSSR count). The molecule has 0 unspecified atom stereocenters. The van der Waals surface area contributed by atoms with E-state index in [0.29, 0.717) is 89.2 Å². The van der Waals surface area contributed by atoms with Gasteiger partial charge in [0.25, 0.3) is 0 Å². The molecule has 2 aliphatic carbocycles. The number of carbonyl (C=O) groups excluding carboxylic acids is 2. The number of hydrogen-bond acceptors (Lipinski definition) is 8. The Balaban J connectivity index is 1.22. The highest BCUT2D eigenvalue weighted by Gasteiger charge is 2.38. The summed E-state index contributed by atoms with van der Waals surface area (Å²) in [5.74, 6) is 1.34. The Morgan fingerprint density at radius 2 is 0.782 bits per heavy atom. The fraction of sp³-hybridized carbons (Fsp3) is 0.257. The maximum Gasteiger partial charge on any atom is 0.199 e. The number of pyridine rings is 2. The van der Waals surface area contributed by atoms with Gasteiger partial charge in [0.2, 0.25) is 0 Å². The molecule has 9 aromatic carbocycles. The smallest absolute Gasteiger partial charge is 0.199 e. The quantitative estimate of drug-likeness (QED) is 0.132. The average molecular weight is 1030 g/mol. The number of aromatic nitrogens is 2. The highest BCUT2D eigenvalue weighted by Crippen LogP contribution is 2.58. The van der Waals surface area contributed by atoms with E-state index in [1.165, 1.54) is 5.56 Å². The minimum Gasteiger partial charge on any atom is -0.506 e. The molecule has 0 atom stereocenters. The molecule has 2 heterocycles. The normalized spacial score (nSPS) is 13.7. The number of hydrogen-bond donors (Lipinski definition) is 2. The Morgan fingerprint density at radius 3 is 1.23 bits per heavy atom. The molecule has 0 bridgehead atoms. The van der Waals surface area contributed by atoms with Crippen molar-refractivity contribution >= 4 is 76.5 Å². The van der Waals surface area contributed by atoms with E-state index in [1.54, 1.807) is 0 Å². The van der Waals surface area contributed by atoms with E-state index < -0.39 is 0 Å². The van der Waals surface area contributed by atoms with Crippen molar-refractivity contribution in [2.45, 2.75) is 119 Å². The van der Waals surface area contributed by atoms with Gasteiger partial charge in [0.05, 0.1) is 33.5 Å². The van der Waals surface area contributed by atoms with Crippen LogP contribution in [0.25, 0.3) is 87.4 Å². The van der Waals surface area contributed by atoms with Gasteiger partial charge in [0.15, 0.2) is 11.6 Å². The second-order valence-electron chi connectivity index (χ2n) is 26.1. The second-order valence-corrected chi connectivity index (χ2v) is 26.1. The molecule has 0 saturated carbocycles. The fourth-order valence-electron chi connectivity index (χ4n) is 12.3. The third kappa shape index (κ3) is 7.10. The zero-order valence-electron chi connectivity index (χ0n) is 46.8. The van der Waals surface area contributed by atoms with Crippen LogP contribution in [-0.2, 0) is 21.7 Å². The molecule has 8 nitrogen and oxygen atoms in total. The topological polar surface area (TPSA) is 119 Å². The summed E-state index contributed by atoms with van der Waals surface area (Å²) in [6.07, 6.45) is 0. The third-order valence-corrected chi connectivity index (χ3v) is 16.5. The standard InChI is InChI=1S/C70H62N2O6/c1-33-15-23-47-41(27-33)64(74)59-61(71-47)39-21-19-37-55-51(77-49-25-17-35(67(3,4)5)29-45(49)69(9,10)11)31-43-54-40(63(73)60-62(43)72-48-24-16-34(2)28-42(48)65(60)75)22-20-38(58(54)55)56-52(32-44(66(59)76)53(39)57(37)56)78-50-26-18-36(68(6,7)8)30-46(50)70(12,13)14/h15-32H,1-14H3,(H,71,74)(H,72,75). The first-order valence-electron chi connectivity index (χ1n) is 27.0. The molecule has 0 spiro atoms. The first kappa shape index (κ1) is 49.2. The van der Waals surface area contributed by atoms with E-state index in [9.17, 15) is 10.2 Å². The summed E-state index contributed by atoms with van der Waals surface area (Å²) in [5.41, 5.74) is 9.56. The lowest BCUT2D eigenvalue weighted by molar-refractivity contribution is 0.102. The van der Waals surface area contributed by atoms with Crippen LogP contribution in [0.3, 0.4) is 0 Å². The molecule has 0 aliphatic heterocycles. The number of benzene rings is 9. The van der Waals surface area contributed by atoms with E-state index in [-0.39, 0.29) is 55.9 Å². The van der Waals surface area contributed by atoms with Gasteiger partial charge in [-0.2, -0.15) is 0 Å². The minimum absolute atomic E-state index is 0.113. The molecular weight excluding hydrogens is 965 g/mol. The highest BCUT2D eigenvalue weighted by molar-refractivity contribution is 6.43. The lowest BCUT2D eigenvalue weighted by Crippen LogP contribution is -2.17. The lowest BCUT2D eigenvalue weighted by Gasteiger charge is -2.30. The number of aryl methyl sites for hydroxylation is 2. The van der Waals surface area contributed by atoms with Crippen LogP contribution in [0.5, 0.6) is 34.5 Å². The van der Waals surface area contributed by atoms with Crippen molar-refractivity contribution in [2.24, 2.45) is 0 Å². The third-order valence-electron chi connectivity index (χ3n) is 16.5. The number of fused-ring (bicyclic) bond motifs is 8. The first-order chi connectivity index (χ1) is 36.7. The van der Waals surface area contributed by atoms with Crippen molar-refractivity contribution in [2.75, 3.05) is 0 Å². The molecule has 0 saturated heterocycles. The van der Waals surface area contributed by atoms with Crippen molar-refractivity contribution in [1.29, 1.82) is 0 Å². The van der Waals surface area contributed by atoms with Gasteiger partial charge in [0.1, 0.15) is 34.5 Å². The average Bonchev–Trinajstić information content (AvgIpc) is 1.84. The van der Waals surface area contributed by atoms with E-state index in [4.69, 9.17) is 19.4 Å². The van der Waals surface area contributed by atoms with Crippen LogP contribution in [0.2, 0.25) is 0 Å². The van der Waals surface area contributed by atoms with Gasteiger partial charge in [-0.1, -0.05) is 149 Å². The molecule has 388 valence electrons. The van der Waals surface area contributed by atoms with Crippen LogP contribution >= 0.6 is 0 Å². The predicted molar refractivity (Wildman–Crippen MR) is 317 cm³/mol. The summed E-state index contributed by atoms with van der Waals surface area (Å²) in [6.45, 7) is 30.2. The number of ketones is 2. The first-order valence-corrected chi connectivity index (χ1v) is 27.0. The number of rotatable bonds is 4. The maximum absolute atomic E-state index is 15.6. The van der Waals surface area contributed by atoms with E-state index in [2.05, 4.69) is 119 Å². The number of carbonyl (C=O) groups is 2. The van der Waals surface area contributed by atoms with Gasteiger partial charge < -0.3 is 19.7 Å². The molecule has 0 amide bonds. The lowest BCUT2D eigenvalue weighted by atomic mass is 9.77. The number of aromatic hydroxyl groups is 2. The maximum atomic E-state index is 15.6. The summed E-state index contributed by atoms with van der Waals surface area (Å²) >= 11 is 0. The Kier molecular flexibility index (Phi) is 10.2. The molecule has 78 heavy (non-hydrogen) atoms. The number of ether oxygens (including phenoxy) is 2. The van der Waals surface area contributed by atoms with Crippen LogP contribution in [0.1, 0.15) is 148 Å². The van der Waals surface area contributed by atoms with Crippen molar-refractivity contribution in [3.05, 3.63) is 165 Å². The number of nitrogens with zero attached hydrogens (tertiary/aromatic N) is 2. The highest BCUT2D eigenvalue weighted by atomic mass is 16.5. The van der Waals surface area contributed by atoms with Crippen LogP contribution < -0.4 is 9.47 Å². The summed E-state index contributed by atoms with van der Waals surface area (Å²) < 4.78 is 14.9. The Bertz CT molecular complexity index is 4530. The molecule has 11 aromatic rings. The largest absolute Gasteiger partial charge is 0.506 e. The van der Waals surface area contributed by atoms with E-state index in [0.717, 1.165) is 60.1 Å².